The Bertz CT molecular complexity index is 842. The maximum absolute atomic E-state index is 13.6. The maximum atomic E-state index is 13.6. The molecular weight excluding hydrogens is 297 g/mol. The van der Waals surface area contributed by atoms with E-state index in [1.165, 1.54) is 12.1 Å². The number of halogens is 1. The molecule has 0 aliphatic rings. The third kappa shape index (κ3) is 3.03. The Morgan fingerprint density at radius 1 is 1.09 bits per heavy atom. The second-order valence-electron chi connectivity index (χ2n) is 4.71. The van der Waals surface area contributed by atoms with Gasteiger partial charge < -0.3 is 10.5 Å². The van der Waals surface area contributed by atoms with Gasteiger partial charge in [0, 0.05) is 5.56 Å². The topological polar surface area (TPSA) is 88.6 Å². The molecule has 3 rings (SSSR count). The van der Waals surface area contributed by atoms with Gasteiger partial charge in [0.15, 0.2) is 17.3 Å². The van der Waals surface area contributed by atoms with Crippen LogP contribution in [0.3, 0.4) is 0 Å². The number of H-pyrrole nitrogens is 1. The van der Waals surface area contributed by atoms with E-state index in [1.807, 2.05) is 24.3 Å². The first-order chi connectivity index (χ1) is 11.2. The molecule has 0 bridgehead atoms. The van der Waals surface area contributed by atoms with Crippen LogP contribution in [0.25, 0.3) is 11.3 Å². The molecule has 6 nitrogen and oxygen atoms in total. The summed E-state index contributed by atoms with van der Waals surface area (Å²) in [6.45, 7) is 0. The standard InChI is InChI=1S/C16H14FN5O/c1-23-11-8-6-10(7-9-11)14-15(16(18)22-20-14)21-19-13-5-3-2-4-12(13)17/h2-9H,1H3,(H3,18,20,22). The molecule has 116 valence electrons. The molecule has 0 aliphatic heterocycles. The summed E-state index contributed by atoms with van der Waals surface area (Å²) < 4.78 is 18.7. The van der Waals surface area contributed by atoms with Gasteiger partial charge in [-0.3, -0.25) is 5.10 Å². The Hall–Kier alpha value is -3.22. The minimum Gasteiger partial charge on any atom is -0.497 e. The molecule has 0 saturated heterocycles. The predicted molar refractivity (Wildman–Crippen MR) is 85.6 cm³/mol. The number of nitrogens with zero attached hydrogens (tertiary/aromatic N) is 3. The summed E-state index contributed by atoms with van der Waals surface area (Å²) >= 11 is 0. The van der Waals surface area contributed by atoms with E-state index in [9.17, 15) is 4.39 Å². The van der Waals surface area contributed by atoms with E-state index in [0.29, 0.717) is 11.4 Å². The molecule has 3 N–H and O–H groups in total. The molecule has 3 aromatic rings. The fourth-order valence-electron chi connectivity index (χ4n) is 2.05. The zero-order valence-corrected chi connectivity index (χ0v) is 12.3. The quantitative estimate of drug-likeness (QED) is 0.707. The fourth-order valence-corrected chi connectivity index (χ4v) is 2.05. The Morgan fingerprint density at radius 2 is 1.83 bits per heavy atom. The fraction of sp³-hybridized carbons (Fsp3) is 0.0625. The second kappa shape index (κ2) is 6.27. The van der Waals surface area contributed by atoms with Crippen LogP contribution >= 0.6 is 0 Å². The summed E-state index contributed by atoms with van der Waals surface area (Å²) in [6, 6.07) is 13.4. The normalized spacial score (nSPS) is 11.0. The van der Waals surface area contributed by atoms with Crippen molar-refractivity contribution in [2.24, 2.45) is 10.2 Å². The van der Waals surface area contributed by atoms with Crippen LogP contribution in [0.1, 0.15) is 0 Å². The van der Waals surface area contributed by atoms with E-state index >= 15 is 0 Å². The van der Waals surface area contributed by atoms with Crippen LogP contribution in [0, 0.1) is 5.82 Å². The number of aromatic nitrogens is 2. The molecule has 0 saturated carbocycles. The number of azo groups is 1. The van der Waals surface area contributed by atoms with E-state index in [0.717, 1.165) is 11.3 Å². The number of anilines is 1. The first kappa shape index (κ1) is 14.7. The molecule has 1 heterocycles. The van der Waals surface area contributed by atoms with Gasteiger partial charge in [-0.15, -0.1) is 10.2 Å². The molecule has 0 fully saturated rings. The Kier molecular flexibility index (Phi) is 4.01. The highest BCUT2D eigenvalue weighted by Gasteiger charge is 2.13. The lowest BCUT2D eigenvalue weighted by Gasteiger charge is -2.02. The summed E-state index contributed by atoms with van der Waals surface area (Å²) in [5.74, 6) is 0.469. The first-order valence-corrected chi connectivity index (χ1v) is 6.83. The SMILES string of the molecule is COc1ccc(-c2[nH]nc(N)c2N=Nc2ccccc2F)cc1. The first-order valence-electron chi connectivity index (χ1n) is 6.83. The van der Waals surface area contributed by atoms with Crippen molar-refractivity contribution >= 4 is 17.2 Å². The van der Waals surface area contributed by atoms with Crippen LogP contribution in [0.5, 0.6) is 5.75 Å². The van der Waals surface area contributed by atoms with Gasteiger partial charge in [-0.1, -0.05) is 12.1 Å². The van der Waals surface area contributed by atoms with Crippen molar-refractivity contribution in [3.05, 3.63) is 54.3 Å². The lowest BCUT2D eigenvalue weighted by atomic mass is 10.1. The number of methoxy groups -OCH3 is 1. The van der Waals surface area contributed by atoms with Crippen LogP contribution in [0.4, 0.5) is 21.6 Å². The summed E-state index contributed by atoms with van der Waals surface area (Å²) in [4.78, 5) is 0. The van der Waals surface area contributed by atoms with Crippen molar-refractivity contribution in [3.8, 4) is 17.0 Å². The molecule has 0 radical (unpaired) electrons. The van der Waals surface area contributed by atoms with Crippen LogP contribution in [-0.4, -0.2) is 17.3 Å². The number of rotatable bonds is 4. The molecule has 1 aromatic heterocycles. The van der Waals surface area contributed by atoms with Crippen molar-refractivity contribution in [2.45, 2.75) is 0 Å². The molecular formula is C16H14FN5O. The highest BCUT2D eigenvalue weighted by atomic mass is 19.1. The molecule has 0 spiro atoms. The monoisotopic (exact) mass is 311 g/mol. The van der Waals surface area contributed by atoms with Crippen molar-refractivity contribution < 1.29 is 9.13 Å². The molecule has 0 amide bonds. The summed E-state index contributed by atoms with van der Waals surface area (Å²) in [5.41, 5.74) is 7.73. The van der Waals surface area contributed by atoms with Crippen LogP contribution in [-0.2, 0) is 0 Å². The van der Waals surface area contributed by atoms with Crippen LogP contribution in [0.15, 0.2) is 58.8 Å². The van der Waals surface area contributed by atoms with Gasteiger partial charge in [0.2, 0.25) is 0 Å². The zero-order valence-electron chi connectivity index (χ0n) is 12.3. The van der Waals surface area contributed by atoms with Gasteiger partial charge >= 0.3 is 0 Å². The number of hydrogen-bond donors (Lipinski definition) is 2. The van der Waals surface area contributed by atoms with Crippen LogP contribution < -0.4 is 10.5 Å². The highest BCUT2D eigenvalue weighted by Crippen LogP contribution is 2.35. The van der Waals surface area contributed by atoms with Gasteiger partial charge in [0.1, 0.15) is 11.4 Å². The van der Waals surface area contributed by atoms with Crippen LogP contribution in [0.2, 0.25) is 0 Å². The van der Waals surface area contributed by atoms with E-state index in [1.54, 1.807) is 19.2 Å². The Balaban J connectivity index is 1.97. The summed E-state index contributed by atoms with van der Waals surface area (Å²) in [5, 5.41) is 14.7. The number of nitrogen functional groups attached to an aromatic ring is 1. The number of nitrogens with two attached hydrogens (primary N) is 1. The average Bonchev–Trinajstić information content (AvgIpc) is 2.95. The lowest BCUT2D eigenvalue weighted by Crippen LogP contribution is -1.84. The van der Waals surface area contributed by atoms with Crippen molar-refractivity contribution in [1.82, 2.24) is 10.2 Å². The minimum absolute atomic E-state index is 0.133. The van der Waals surface area contributed by atoms with E-state index in [2.05, 4.69) is 20.4 Å². The number of benzene rings is 2. The second-order valence-corrected chi connectivity index (χ2v) is 4.71. The predicted octanol–water partition coefficient (Wildman–Crippen LogP) is 4.22. The maximum Gasteiger partial charge on any atom is 0.173 e. The van der Waals surface area contributed by atoms with Gasteiger partial charge in [-0.25, -0.2) is 4.39 Å². The Morgan fingerprint density at radius 3 is 2.52 bits per heavy atom. The third-order valence-electron chi connectivity index (χ3n) is 3.26. The highest BCUT2D eigenvalue weighted by molar-refractivity contribution is 5.79. The van der Waals surface area contributed by atoms with Crippen molar-refractivity contribution in [1.29, 1.82) is 0 Å². The molecule has 7 heteroatoms. The summed E-state index contributed by atoms with van der Waals surface area (Å²) in [7, 11) is 1.59. The molecule has 2 aromatic carbocycles. The number of nitrogens with one attached hydrogen (secondary N) is 1. The zero-order chi connectivity index (χ0) is 16.2. The average molecular weight is 311 g/mol. The number of aromatic amines is 1. The van der Waals surface area contributed by atoms with Gasteiger partial charge in [-0.2, -0.15) is 5.10 Å². The molecule has 0 aliphatic carbocycles. The lowest BCUT2D eigenvalue weighted by molar-refractivity contribution is 0.415. The third-order valence-corrected chi connectivity index (χ3v) is 3.26. The smallest absolute Gasteiger partial charge is 0.173 e. The van der Waals surface area contributed by atoms with Crippen molar-refractivity contribution in [3.63, 3.8) is 0 Å². The van der Waals surface area contributed by atoms with E-state index < -0.39 is 5.82 Å². The van der Waals surface area contributed by atoms with Crippen molar-refractivity contribution in [2.75, 3.05) is 12.8 Å². The number of ether oxygens (including phenoxy) is 1. The van der Waals surface area contributed by atoms with Gasteiger partial charge in [0.05, 0.1) is 12.8 Å². The Labute approximate surface area is 131 Å². The summed E-state index contributed by atoms with van der Waals surface area (Å²) in [6.07, 6.45) is 0. The van der Waals surface area contributed by atoms with E-state index in [-0.39, 0.29) is 11.5 Å². The van der Waals surface area contributed by atoms with Gasteiger partial charge in [0.25, 0.3) is 0 Å². The minimum atomic E-state index is -0.454. The van der Waals surface area contributed by atoms with E-state index in [4.69, 9.17) is 10.5 Å². The molecule has 0 unspecified atom stereocenters. The largest absolute Gasteiger partial charge is 0.497 e. The molecule has 0 atom stereocenters. The van der Waals surface area contributed by atoms with Gasteiger partial charge in [-0.05, 0) is 36.4 Å². The molecule has 23 heavy (non-hydrogen) atoms. The number of hydrogen-bond acceptors (Lipinski definition) is 5.